The van der Waals surface area contributed by atoms with Crippen molar-refractivity contribution in [3.8, 4) is 0 Å². The second kappa shape index (κ2) is 5.72. The van der Waals surface area contributed by atoms with Crippen LogP contribution in [0.25, 0.3) is 0 Å². The second-order valence-corrected chi connectivity index (χ2v) is 4.33. The Morgan fingerprint density at radius 1 is 1.67 bits per heavy atom. The average molecular weight is 228 g/mol. The number of hydrogen-bond acceptors (Lipinski definition) is 4. The molecule has 3 N–H and O–H groups in total. The minimum Gasteiger partial charge on any atom is -0.398 e. The van der Waals surface area contributed by atoms with Gasteiger partial charge in [-0.1, -0.05) is 0 Å². The molecule has 0 spiro atoms. The Morgan fingerprint density at radius 2 is 2.40 bits per heavy atom. The number of nitrogens with two attached hydrogens (primary N) is 1. The highest BCUT2D eigenvalue weighted by molar-refractivity contribution is 7.14. The van der Waals surface area contributed by atoms with Crippen LogP contribution in [-0.4, -0.2) is 25.7 Å². The summed E-state index contributed by atoms with van der Waals surface area (Å²) in [6, 6.07) is 1.70. The van der Waals surface area contributed by atoms with E-state index in [4.69, 9.17) is 10.5 Å². The molecule has 5 heteroatoms. The molecule has 0 fully saturated rings. The third-order valence-electron chi connectivity index (χ3n) is 1.92. The molecule has 0 atom stereocenters. The summed E-state index contributed by atoms with van der Waals surface area (Å²) in [5, 5.41) is 2.77. The lowest BCUT2D eigenvalue weighted by Crippen LogP contribution is -2.26. The van der Waals surface area contributed by atoms with Crippen LogP contribution in [0, 0.1) is 6.92 Å². The predicted octanol–water partition coefficient (Wildman–Crippen LogP) is 1.41. The van der Waals surface area contributed by atoms with Crippen molar-refractivity contribution in [3.05, 3.63) is 15.8 Å². The lowest BCUT2D eigenvalue weighted by atomic mass is 10.3. The van der Waals surface area contributed by atoms with Gasteiger partial charge in [-0.2, -0.15) is 0 Å². The van der Waals surface area contributed by atoms with Gasteiger partial charge in [0.15, 0.2) is 0 Å². The molecule has 0 aliphatic rings. The third kappa shape index (κ3) is 3.53. The molecule has 0 aromatic carbocycles. The zero-order valence-corrected chi connectivity index (χ0v) is 9.82. The van der Waals surface area contributed by atoms with Gasteiger partial charge in [-0.15, -0.1) is 11.3 Å². The lowest BCUT2D eigenvalue weighted by Gasteiger charge is -2.02. The number of amides is 1. The van der Waals surface area contributed by atoms with E-state index < -0.39 is 0 Å². The number of hydrogen-bond donors (Lipinski definition) is 2. The van der Waals surface area contributed by atoms with Gasteiger partial charge in [0.2, 0.25) is 0 Å². The zero-order valence-electron chi connectivity index (χ0n) is 9.00. The van der Waals surface area contributed by atoms with E-state index >= 15 is 0 Å². The molecule has 0 aliphatic carbocycles. The molecule has 84 valence electrons. The van der Waals surface area contributed by atoms with Gasteiger partial charge < -0.3 is 15.8 Å². The number of carbonyl (C=O) groups is 1. The van der Waals surface area contributed by atoms with Gasteiger partial charge in [-0.3, -0.25) is 4.79 Å². The maximum Gasteiger partial charge on any atom is 0.261 e. The van der Waals surface area contributed by atoms with E-state index in [0.29, 0.717) is 30.3 Å². The standard InChI is InChI=1S/C10H16N2O2S/c1-3-14-5-4-12-10(13)9-6-8(11)7(2)15-9/h6H,3-5,11H2,1-2H3,(H,12,13). The molecular formula is C10H16N2O2S. The molecular weight excluding hydrogens is 212 g/mol. The van der Waals surface area contributed by atoms with Crippen LogP contribution in [0.15, 0.2) is 6.07 Å². The molecule has 0 radical (unpaired) electrons. The van der Waals surface area contributed by atoms with Crippen LogP contribution in [0.3, 0.4) is 0 Å². The van der Waals surface area contributed by atoms with E-state index in [2.05, 4.69) is 5.32 Å². The normalized spacial score (nSPS) is 10.3. The smallest absolute Gasteiger partial charge is 0.261 e. The number of thiophene rings is 1. The number of aryl methyl sites for hydroxylation is 1. The van der Waals surface area contributed by atoms with E-state index in [1.807, 2.05) is 13.8 Å². The third-order valence-corrected chi connectivity index (χ3v) is 2.98. The average Bonchev–Trinajstić information content (AvgIpc) is 2.54. The Kier molecular flexibility index (Phi) is 4.58. The molecule has 0 bridgehead atoms. The van der Waals surface area contributed by atoms with Crippen molar-refractivity contribution in [2.45, 2.75) is 13.8 Å². The van der Waals surface area contributed by atoms with Gasteiger partial charge in [-0.25, -0.2) is 0 Å². The van der Waals surface area contributed by atoms with Crippen molar-refractivity contribution >= 4 is 22.9 Å². The van der Waals surface area contributed by atoms with Crippen LogP contribution in [-0.2, 0) is 4.74 Å². The van der Waals surface area contributed by atoms with E-state index in [9.17, 15) is 4.79 Å². The summed E-state index contributed by atoms with van der Waals surface area (Å²) >= 11 is 1.41. The van der Waals surface area contributed by atoms with Crippen LogP contribution in [0.5, 0.6) is 0 Å². The molecule has 1 heterocycles. The van der Waals surface area contributed by atoms with Crippen LogP contribution in [0.4, 0.5) is 5.69 Å². The number of carbonyl (C=O) groups excluding carboxylic acids is 1. The fraction of sp³-hybridized carbons (Fsp3) is 0.500. The van der Waals surface area contributed by atoms with Crippen molar-refractivity contribution in [2.24, 2.45) is 0 Å². The highest BCUT2D eigenvalue weighted by Gasteiger charge is 2.09. The molecule has 0 saturated heterocycles. The Balaban J connectivity index is 2.40. The van der Waals surface area contributed by atoms with Crippen LogP contribution < -0.4 is 11.1 Å². The first-order chi connectivity index (χ1) is 7.15. The predicted molar refractivity (Wildman–Crippen MR) is 62.3 cm³/mol. The van der Waals surface area contributed by atoms with E-state index in [1.165, 1.54) is 11.3 Å². The Bertz CT molecular complexity index is 317. The topological polar surface area (TPSA) is 64.3 Å². The molecule has 15 heavy (non-hydrogen) atoms. The van der Waals surface area contributed by atoms with Gasteiger partial charge in [-0.05, 0) is 19.9 Å². The highest BCUT2D eigenvalue weighted by Crippen LogP contribution is 2.22. The molecule has 0 aliphatic heterocycles. The maximum absolute atomic E-state index is 11.6. The molecule has 1 amide bonds. The van der Waals surface area contributed by atoms with Crippen LogP contribution in [0.2, 0.25) is 0 Å². The number of nitrogens with one attached hydrogen (secondary N) is 1. The van der Waals surface area contributed by atoms with Crippen molar-refractivity contribution < 1.29 is 9.53 Å². The Hall–Kier alpha value is -1.07. The quantitative estimate of drug-likeness (QED) is 0.749. The fourth-order valence-corrected chi connectivity index (χ4v) is 1.93. The first-order valence-electron chi connectivity index (χ1n) is 4.87. The first kappa shape index (κ1) is 12.0. The number of anilines is 1. The lowest BCUT2D eigenvalue weighted by molar-refractivity contribution is 0.0926. The Labute approximate surface area is 93.4 Å². The summed E-state index contributed by atoms with van der Waals surface area (Å²) in [6.07, 6.45) is 0. The van der Waals surface area contributed by atoms with Gasteiger partial charge in [0.1, 0.15) is 0 Å². The summed E-state index contributed by atoms with van der Waals surface area (Å²) in [6.45, 7) is 5.56. The second-order valence-electron chi connectivity index (χ2n) is 3.08. The minimum atomic E-state index is -0.0838. The van der Waals surface area contributed by atoms with Gasteiger partial charge >= 0.3 is 0 Å². The van der Waals surface area contributed by atoms with Crippen molar-refractivity contribution in [2.75, 3.05) is 25.5 Å². The van der Waals surface area contributed by atoms with E-state index in [0.717, 1.165) is 4.88 Å². The highest BCUT2D eigenvalue weighted by atomic mass is 32.1. The first-order valence-corrected chi connectivity index (χ1v) is 5.68. The van der Waals surface area contributed by atoms with E-state index in [-0.39, 0.29) is 5.91 Å². The largest absolute Gasteiger partial charge is 0.398 e. The van der Waals surface area contributed by atoms with Crippen LogP contribution >= 0.6 is 11.3 Å². The van der Waals surface area contributed by atoms with Crippen molar-refractivity contribution in [3.63, 3.8) is 0 Å². The van der Waals surface area contributed by atoms with Gasteiger partial charge in [0.25, 0.3) is 5.91 Å². The molecule has 4 nitrogen and oxygen atoms in total. The van der Waals surface area contributed by atoms with Crippen molar-refractivity contribution in [1.82, 2.24) is 5.32 Å². The number of rotatable bonds is 5. The minimum absolute atomic E-state index is 0.0838. The summed E-state index contributed by atoms with van der Waals surface area (Å²) in [5.41, 5.74) is 6.34. The van der Waals surface area contributed by atoms with Crippen molar-refractivity contribution in [1.29, 1.82) is 0 Å². The van der Waals surface area contributed by atoms with Gasteiger partial charge in [0, 0.05) is 23.7 Å². The van der Waals surface area contributed by atoms with Crippen LogP contribution in [0.1, 0.15) is 21.5 Å². The number of nitrogen functional groups attached to an aromatic ring is 1. The molecule has 1 rings (SSSR count). The van der Waals surface area contributed by atoms with E-state index in [1.54, 1.807) is 6.07 Å². The molecule has 0 saturated carbocycles. The summed E-state index contributed by atoms with van der Waals surface area (Å²) in [5.74, 6) is -0.0838. The fourth-order valence-electron chi connectivity index (χ4n) is 1.08. The molecule has 1 aromatic rings. The zero-order chi connectivity index (χ0) is 11.3. The maximum atomic E-state index is 11.6. The molecule has 1 aromatic heterocycles. The molecule has 0 unspecified atom stereocenters. The SMILES string of the molecule is CCOCCNC(=O)c1cc(N)c(C)s1. The van der Waals surface area contributed by atoms with Gasteiger partial charge in [0.05, 0.1) is 11.5 Å². The summed E-state index contributed by atoms with van der Waals surface area (Å²) < 4.78 is 5.11. The Morgan fingerprint density at radius 3 is 2.93 bits per heavy atom. The summed E-state index contributed by atoms with van der Waals surface area (Å²) in [4.78, 5) is 13.2. The number of ether oxygens (including phenoxy) is 1. The summed E-state index contributed by atoms with van der Waals surface area (Å²) in [7, 11) is 0. The monoisotopic (exact) mass is 228 g/mol.